The van der Waals surface area contributed by atoms with Crippen LogP contribution in [-0.2, 0) is 27.6 Å². The molecule has 2 aromatic carbocycles. The molecular weight excluding hydrogens is 452 g/mol. The molecule has 0 heterocycles. The number of aliphatic hydroxyl groups is 1. The Morgan fingerprint density at radius 1 is 1.09 bits per heavy atom. The highest BCUT2D eigenvalue weighted by Crippen LogP contribution is 2.13. The van der Waals surface area contributed by atoms with Gasteiger partial charge in [-0.1, -0.05) is 49.4 Å². The van der Waals surface area contributed by atoms with Gasteiger partial charge in [0.1, 0.15) is 15.6 Å². The van der Waals surface area contributed by atoms with Crippen LogP contribution < -0.4 is 15.4 Å². The number of nitrogens with one attached hydrogen (secondary N) is 2. The predicted molar refractivity (Wildman–Crippen MR) is 129 cm³/mol. The topological polar surface area (TPSA) is 105 Å². The lowest BCUT2D eigenvalue weighted by molar-refractivity contribution is -0.125. The van der Waals surface area contributed by atoms with Gasteiger partial charge in [0.05, 0.1) is 25.0 Å². The van der Waals surface area contributed by atoms with Gasteiger partial charge in [0.25, 0.3) is 0 Å². The van der Waals surface area contributed by atoms with Crippen LogP contribution in [0, 0.1) is 5.92 Å². The molecular formula is C23H33ClN2O5S. The summed E-state index contributed by atoms with van der Waals surface area (Å²) >= 11 is 0. The highest BCUT2D eigenvalue weighted by molar-refractivity contribution is 7.90. The number of carbonyl (C=O) groups excluding carboxylic acids is 1. The fourth-order valence-electron chi connectivity index (χ4n) is 3.30. The monoisotopic (exact) mass is 484 g/mol. The zero-order chi connectivity index (χ0) is 22.9. The van der Waals surface area contributed by atoms with Crippen LogP contribution in [0.4, 0.5) is 0 Å². The molecule has 1 amide bonds. The molecule has 178 valence electrons. The van der Waals surface area contributed by atoms with Gasteiger partial charge in [-0.25, -0.2) is 8.42 Å². The van der Waals surface area contributed by atoms with E-state index in [-0.39, 0.29) is 24.7 Å². The van der Waals surface area contributed by atoms with E-state index in [2.05, 4.69) is 10.6 Å². The van der Waals surface area contributed by atoms with Crippen molar-refractivity contribution in [2.24, 2.45) is 5.92 Å². The number of carbonyl (C=O) groups is 1. The summed E-state index contributed by atoms with van der Waals surface area (Å²) < 4.78 is 28.3. The van der Waals surface area contributed by atoms with Crippen molar-refractivity contribution in [1.82, 2.24) is 10.6 Å². The maximum absolute atomic E-state index is 12.6. The van der Waals surface area contributed by atoms with Crippen molar-refractivity contribution in [3.63, 3.8) is 0 Å². The molecule has 0 aliphatic carbocycles. The van der Waals surface area contributed by atoms with Crippen LogP contribution in [-0.4, -0.2) is 57.2 Å². The molecule has 0 aliphatic heterocycles. The molecule has 2 rings (SSSR count). The van der Waals surface area contributed by atoms with Gasteiger partial charge in [-0.2, -0.15) is 0 Å². The van der Waals surface area contributed by atoms with Gasteiger partial charge in [-0.15, -0.1) is 12.4 Å². The molecule has 32 heavy (non-hydrogen) atoms. The number of benzene rings is 2. The molecule has 0 spiro atoms. The van der Waals surface area contributed by atoms with E-state index in [0.29, 0.717) is 13.0 Å². The first kappa shape index (κ1) is 27.9. The normalized spacial score (nSPS) is 14.0. The molecule has 3 N–H and O–H groups in total. The van der Waals surface area contributed by atoms with Gasteiger partial charge >= 0.3 is 0 Å². The van der Waals surface area contributed by atoms with Crippen molar-refractivity contribution in [3.05, 3.63) is 65.7 Å². The predicted octanol–water partition coefficient (Wildman–Crippen LogP) is 1.98. The van der Waals surface area contributed by atoms with E-state index in [1.54, 1.807) is 14.0 Å². The SMILES string of the molecule is COc1cccc(CNC[C@@H](O)[C@H](Cc2ccccc2)NC(=O)C(C)CS(C)(=O)=O)c1.Cl. The summed E-state index contributed by atoms with van der Waals surface area (Å²) in [5.74, 6) is -0.571. The highest BCUT2D eigenvalue weighted by Gasteiger charge is 2.25. The van der Waals surface area contributed by atoms with E-state index >= 15 is 0 Å². The Hall–Kier alpha value is -2.13. The molecule has 0 saturated heterocycles. The Kier molecular flexibility index (Phi) is 11.7. The fraction of sp³-hybridized carbons (Fsp3) is 0.435. The first-order chi connectivity index (χ1) is 14.7. The number of aliphatic hydroxyl groups excluding tert-OH is 1. The first-order valence-corrected chi connectivity index (χ1v) is 12.3. The molecule has 0 radical (unpaired) electrons. The minimum absolute atomic E-state index is 0. The zero-order valence-corrected chi connectivity index (χ0v) is 20.3. The molecule has 3 atom stereocenters. The van der Waals surface area contributed by atoms with Crippen LogP contribution in [0.25, 0.3) is 0 Å². The average molecular weight is 485 g/mol. The Morgan fingerprint density at radius 3 is 2.38 bits per heavy atom. The van der Waals surface area contributed by atoms with Crippen LogP contribution in [0.2, 0.25) is 0 Å². The molecule has 0 aliphatic rings. The third-order valence-electron chi connectivity index (χ3n) is 4.91. The Labute approximate surface area is 196 Å². The van der Waals surface area contributed by atoms with Crippen molar-refractivity contribution >= 4 is 28.2 Å². The van der Waals surface area contributed by atoms with Crippen LogP contribution in [0.3, 0.4) is 0 Å². The smallest absolute Gasteiger partial charge is 0.224 e. The standard InChI is InChI=1S/C23H32N2O5S.ClH/c1-17(16-31(3,28)29)23(27)25-21(13-18-8-5-4-6-9-18)22(26)15-24-14-19-10-7-11-20(12-19)30-2;/h4-12,17,21-22,24,26H,13-16H2,1-3H3,(H,25,27);1H/t17?,21-,22+;/m0./s1. The highest BCUT2D eigenvalue weighted by atomic mass is 35.5. The Morgan fingerprint density at radius 2 is 1.75 bits per heavy atom. The van der Waals surface area contributed by atoms with E-state index in [1.165, 1.54) is 0 Å². The fourth-order valence-corrected chi connectivity index (χ4v) is 4.35. The number of sulfone groups is 1. The summed E-state index contributed by atoms with van der Waals surface area (Å²) in [6.07, 6.45) is 0.677. The van der Waals surface area contributed by atoms with Crippen LogP contribution in [0.1, 0.15) is 18.1 Å². The summed E-state index contributed by atoms with van der Waals surface area (Å²) in [4.78, 5) is 12.6. The summed E-state index contributed by atoms with van der Waals surface area (Å²) in [6, 6.07) is 16.6. The number of halogens is 1. The van der Waals surface area contributed by atoms with Gasteiger partial charge < -0.3 is 20.5 Å². The molecule has 0 saturated carbocycles. The van der Waals surface area contributed by atoms with Crippen molar-refractivity contribution < 1.29 is 23.1 Å². The van der Waals surface area contributed by atoms with Gasteiger partial charge in [0.2, 0.25) is 5.91 Å². The summed E-state index contributed by atoms with van der Waals surface area (Å²) in [5.41, 5.74) is 1.98. The van der Waals surface area contributed by atoms with Gasteiger partial charge in [-0.05, 0) is 29.7 Å². The zero-order valence-electron chi connectivity index (χ0n) is 18.7. The lowest BCUT2D eigenvalue weighted by Gasteiger charge is -2.26. The van der Waals surface area contributed by atoms with Gasteiger partial charge in [-0.3, -0.25) is 4.79 Å². The lowest BCUT2D eigenvalue weighted by atomic mass is 10.00. The summed E-state index contributed by atoms with van der Waals surface area (Å²) in [5, 5.41) is 16.8. The maximum atomic E-state index is 12.6. The maximum Gasteiger partial charge on any atom is 0.224 e. The molecule has 7 nitrogen and oxygen atoms in total. The van der Waals surface area contributed by atoms with Crippen LogP contribution in [0.5, 0.6) is 5.75 Å². The molecule has 1 unspecified atom stereocenters. The second-order valence-electron chi connectivity index (χ2n) is 7.85. The van der Waals surface area contributed by atoms with E-state index < -0.39 is 33.8 Å². The van der Waals surface area contributed by atoms with Crippen molar-refractivity contribution in [1.29, 1.82) is 0 Å². The number of ether oxygens (including phenoxy) is 1. The number of amides is 1. The van der Waals surface area contributed by atoms with Crippen LogP contribution >= 0.6 is 12.4 Å². The largest absolute Gasteiger partial charge is 0.497 e. The molecule has 0 bridgehead atoms. The van der Waals surface area contributed by atoms with E-state index in [1.807, 2.05) is 54.6 Å². The third-order valence-corrected chi connectivity index (χ3v) is 6.01. The van der Waals surface area contributed by atoms with Gasteiger partial charge in [0, 0.05) is 25.3 Å². The molecule has 2 aromatic rings. The van der Waals surface area contributed by atoms with Gasteiger partial charge in [0.15, 0.2) is 0 Å². The van der Waals surface area contributed by atoms with E-state index in [9.17, 15) is 18.3 Å². The molecule has 9 heteroatoms. The van der Waals surface area contributed by atoms with Crippen molar-refractivity contribution in [2.75, 3.05) is 25.7 Å². The lowest BCUT2D eigenvalue weighted by Crippen LogP contribution is -2.50. The third kappa shape index (κ3) is 9.99. The second kappa shape index (κ2) is 13.4. The summed E-state index contributed by atoms with van der Waals surface area (Å²) in [6.45, 7) is 2.36. The van der Waals surface area contributed by atoms with E-state index in [0.717, 1.165) is 23.1 Å². The molecule has 0 fully saturated rings. The minimum Gasteiger partial charge on any atom is -0.497 e. The Balaban J connectivity index is 0.00000512. The second-order valence-corrected chi connectivity index (χ2v) is 10.0. The average Bonchev–Trinajstić information content (AvgIpc) is 2.72. The quantitative estimate of drug-likeness (QED) is 0.425. The van der Waals surface area contributed by atoms with E-state index in [4.69, 9.17) is 4.74 Å². The Bertz CT molecular complexity index is 940. The molecule has 0 aromatic heterocycles. The number of rotatable bonds is 12. The van der Waals surface area contributed by atoms with Crippen molar-refractivity contribution in [3.8, 4) is 5.75 Å². The number of hydrogen-bond acceptors (Lipinski definition) is 6. The first-order valence-electron chi connectivity index (χ1n) is 10.2. The number of methoxy groups -OCH3 is 1. The summed E-state index contributed by atoms with van der Waals surface area (Å²) in [7, 11) is -1.67. The minimum atomic E-state index is -3.28. The van der Waals surface area contributed by atoms with Crippen molar-refractivity contribution in [2.45, 2.75) is 32.0 Å². The number of hydrogen-bond donors (Lipinski definition) is 3. The van der Waals surface area contributed by atoms with Crippen LogP contribution in [0.15, 0.2) is 54.6 Å².